The average molecular weight is 293 g/mol. The van der Waals surface area contributed by atoms with Crippen molar-refractivity contribution < 1.29 is 14.6 Å². The minimum Gasteiger partial charge on any atom is -0.444 e. The first kappa shape index (κ1) is 17.5. The molecule has 4 nitrogen and oxygen atoms in total. The number of rotatable bonds is 5. The molecule has 0 fully saturated rings. The van der Waals surface area contributed by atoms with Crippen molar-refractivity contribution in [1.29, 1.82) is 0 Å². The average Bonchev–Trinajstić information content (AvgIpc) is 2.37. The van der Waals surface area contributed by atoms with Gasteiger partial charge in [0.1, 0.15) is 5.60 Å². The van der Waals surface area contributed by atoms with E-state index in [0.29, 0.717) is 6.54 Å². The van der Waals surface area contributed by atoms with Crippen molar-refractivity contribution >= 4 is 6.09 Å². The summed E-state index contributed by atoms with van der Waals surface area (Å²) in [7, 11) is 0. The van der Waals surface area contributed by atoms with E-state index in [2.05, 4.69) is 0 Å². The number of hydrogen-bond acceptors (Lipinski definition) is 3. The summed E-state index contributed by atoms with van der Waals surface area (Å²) >= 11 is 0. The van der Waals surface area contributed by atoms with Gasteiger partial charge in [-0.05, 0) is 32.3 Å². The third kappa shape index (κ3) is 5.76. The second-order valence-electron chi connectivity index (χ2n) is 6.59. The second kappa shape index (κ2) is 7.46. The predicted molar refractivity (Wildman–Crippen MR) is 83.9 cm³/mol. The molecule has 118 valence electrons. The second-order valence-corrected chi connectivity index (χ2v) is 6.59. The molecule has 0 spiro atoms. The Morgan fingerprint density at radius 2 is 1.81 bits per heavy atom. The molecular weight excluding hydrogens is 266 g/mol. The molecule has 0 aliphatic carbocycles. The molecule has 0 saturated carbocycles. The summed E-state index contributed by atoms with van der Waals surface area (Å²) in [5.74, 6) is 0.145. The standard InChI is InChI=1S/C17H27NO3/c1-13(2)15(12-19)18(16(20)21-17(3,4)5)11-14-9-7-6-8-10-14/h6-10,13,15,19H,11-12H2,1-5H3/t15-/m1/s1. The Hall–Kier alpha value is -1.55. The van der Waals surface area contributed by atoms with E-state index < -0.39 is 5.60 Å². The van der Waals surface area contributed by atoms with Crippen molar-refractivity contribution in [3.63, 3.8) is 0 Å². The molecule has 1 aromatic carbocycles. The largest absolute Gasteiger partial charge is 0.444 e. The minimum atomic E-state index is -0.553. The van der Waals surface area contributed by atoms with Crippen LogP contribution in [0.1, 0.15) is 40.2 Å². The number of benzene rings is 1. The molecule has 0 bridgehead atoms. The molecule has 0 aliphatic heterocycles. The van der Waals surface area contributed by atoms with Crippen LogP contribution in [0.15, 0.2) is 30.3 Å². The maximum atomic E-state index is 12.5. The van der Waals surface area contributed by atoms with Crippen molar-refractivity contribution in [3.8, 4) is 0 Å². The highest BCUT2D eigenvalue weighted by molar-refractivity contribution is 5.68. The highest BCUT2D eigenvalue weighted by Crippen LogP contribution is 2.19. The summed E-state index contributed by atoms with van der Waals surface area (Å²) in [6.07, 6.45) is -0.390. The summed E-state index contributed by atoms with van der Waals surface area (Å²) in [5, 5.41) is 9.64. The van der Waals surface area contributed by atoms with Gasteiger partial charge in [-0.3, -0.25) is 4.90 Å². The lowest BCUT2D eigenvalue weighted by Crippen LogP contribution is -2.47. The zero-order chi connectivity index (χ0) is 16.0. The molecule has 21 heavy (non-hydrogen) atoms. The number of nitrogens with zero attached hydrogens (tertiary/aromatic N) is 1. The van der Waals surface area contributed by atoms with Gasteiger partial charge in [0.25, 0.3) is 0 Å². The van der Waals surface area contributed by atoms with Gasteiger partial charge in [-0.15, -0.1) is 0 Å². The number of carbonyl (C=O) groups excluding carboxylic acids is 1. The predicted octanol–water partition coefficient (Wildman–Crippen LogP) is 3.44. The lowest BCUT2D eigenvalue weighted by molar-refractivity contribution is -0.0000935. The van der Waals surface area contributed by atoms with Crippen LogP contribution < -0.4 is 0 Å². The highest BCUT2D eigenvalue weighted by Gasteiger charge is 2.29. The van der Waals surface area contributed by atoms with Crippen LogP contribution in [0, 0.1) is 5.92 Å². The molecule has 0 unspecified atom stereocenters. The Balaban J connectivity index is 2.96. The lowest BCUT2D eigenvalue weighted by Gasteiger charge is -2.34. The summed E-state index contributed by atoms with van der Waals surface area (Å²) in [6, 6.07) is 9.48. The number of amides is 1. The van der Waals surface area contributed by atoms with Crippen LogP contribution in [0.3, 0.4) is 0 Å². The molecular formula is C17H27NO3. The van der Waals surface area contributed by atoms with Gasteiger partial charge in [0.05, 0.1) is 12.6 Å². The van der Waals surface area contributed by atoms with Gasteiger partial charge in [-0.2, -0.15) is 0 Å². The Morgan fingerprint density at radius 1 is 1.24 bits per heavy atom. The van der Waals surface area contributed by atoms with Crippen molar-refractivity contribution in [2.24, 2.45) is 5.92 Å². The van der Waals surface area contributed by atoms with Crippen LogP contribution in [0.5, 0.6) is 0 Å². The molecule has 1 aromatic rings. The fraction of sp³-hybridized carbons (Fsp3) is 0.588. The van der Waals surface area contributed by atoms with Crippen LogP contribution in [0.4, 0.5) is 4.79 Å². The topological polar surface area (TPSA) is 49.8 Å². The van der Waals surface area contributed by atoms with Crippen LogP contribution in [0.2, 0.25) is 0 Å². The van der Waals surface area contributed by atoms with Crippen LogP contribution in [0.25, 0.3) is 0 Å². The Bertz CT molecular complexity index is 437. The van der Waals surface area contributed by atoms with Gasteiger partial charge < -0.3 is 9.84 Å². The molecule has 0 saturated heterocycles. The number of aliphatic hydroxyl groups is 1. The Labute approximate surface area is 127 Å². The monoisotopic (exact) mass is 293 g/mol. The van der Waals surface area contributed by atoms with E-state index >= 15 is 0 Å². The SMILES string of the molecule is CC(C)[C@@H](CO)N(Cc1ccccc1)C(=O)OC(C)(C)C. The third-order valence-electron chi connectivity index (χ3n) is 3.18. The van der Waals surface area contributed by atoms with Crippen LogP contribution in [-0.2, 0) is 11.3 Å². The molecule has 4 heteroatoms. The molecule has 1 amide bonds. The molecule has 0 heterocycles. The fourth-order valence-electron chi connectivity index (χ4n) is 2.09. The summed E-state index contributed by atoms with van der Waals surface area (Å²) < 4.78 is 5.48. The molecule has 0 aliphatic rings. The first-order valence-electron chi connectivity index (χ1n) is 7.39. The van der Waals surface area contributed by atoms with Crippen molar-refractivity contribution in [3.05, 3.63) is 35.9 Å². The van der Waals surface area contributed by atoms with Gasteiger partial charge in [0.15, 0.2) is 0 Å². The fourth-order valence-corrected chi connectivity index (χ4v) is 2.09. The number of carbonyl (C=O) groups is 1. The lowest BCUT2D eigenvalue weighted by atomic mass is 10.0. The number of hydrogen-bond donors (Lipinski definition) is 1. The zero-order valence-electron chi connectivity index (χ0n) is 13.7. The number of ether oxygens (including phenoxy) is 1. The Kier molecular flexibility index (Phi) is 6.21. The smallest absolute Gasteiger partial charge is 0.410 e. The van der Waals surface area contributed by atoms with Crippen molar-refractivity contribution in [2.75, 3.05) is 6.61 Å². The molecule has 1 N–H and O–H groups in total. The first-order valence-corrected chi connectivity index (χ1v) is 7.39. The Morgan fingerprint density at radius 3 is 2.24 bits per heavy atom. The normalized spacial score (nSPS) is 13.1. The van der Waals surface area contributed by atoms with Gasteiger partial charge in [-0.1, -0.05) is 44.2 Å². The van der Waals surface area contributed by atoms with E-state index in [-0.39, 0.29) is 24.7 Å². The quantitative estimate of drug-likeness (QED) is 0.904. The van der Waals surface area contributed by atoms with Gasteiger partial charge in [0.2, 0.25) is 0 Å². The van der Waals surface area contributed by atoms with Crippen LogP contribution >= 0.6 is 0 Å². The minimum absolute atomic E-state index is 0.0796. The van der Waals surface area contributed by atoms with E-state index in [1.165, 1.54) is 0 Å². The van der Waals surface area contributed by atoms with E-state index in [4.69, 9.17) is 4.74 Å². The summed E-state index contributed by atoms with van der Waals surface area (Å²) in [4.78, 5) is 14.1. The highest BCUT2D eigenvalue weighted by atomic mass is 16.6. The molecule has 1 atom stereocenters. The molecule has 0 aromatic heterocycles. The van der Waals surface area contributed by atoms with Crippen molar-refractivity contribution in [2.45, 2.75) is 52.8 Å². The van der Waals surface area contributed by atoms with Crippen molar-refractivity contribution in [1.82, 2.24) is 4.90 Å². The van der Waals surface area contributed by atoms with E-state index in [1.807, 2.05) is 65.0 Å². The summed E-state index contributed by atoms with van der Waals surface area (Å²) in [6.45, 7) is 9.86. The van der Waals surface area contributed by atoms with Gasteiger partial charge in [-0.25, -0.2) is 4.79 Å². The van der Waals surface area contributed by atoms with E-state index in [0.717, 1.165) is 5.56 Å². The molecule has 1 rings (SSSR count). The van der Waals surface area contributed by atoms with E-state index in [9.17, 15) is 9.90 Å². The first-order chi connectivity index (χ1) is 9.74. The van der Waals surface area contributed by atoms with Crippen LogP contribution in [-0.4, -0.2) is 34.3 Å². The number of aliphatic hydroxyl groups excluding tert-OH is 1. The van der Waals surface area contributed by atoms with Gasteiger partial charge in [0, 0.05) is 6.54 Å². The van der Waals surface area contributed by atoms with E-state index in [1.54, 1.807) is 4.90 Å². The zero-order valence-corrected chi connectivity index (χ0v) is 13.7. The maximum Gasteiger partial charge on any atom is 0.410 e. The van der Waals surface area contributed by atoms with Gasteiger partial charge >= 0.3 is 6.09 Å². The molecule has 0 radical (unpaired) electrons. The summed E-state index contributed by atoms with van der Waals surface area (Å²) in [5.41, 5.74) is 0.464. The maximum absolute atomic E-state index is 12.5. The third-order valence-corrected chi connectivity index (χ3v) is 3.18.